The van der Waals surface area contributed by atoms with Crippen LogP contribution in [0.15, 0.2) is 42.5 Å². The normalized spacial score (nSPS) is 9.77. The van der Waals surface area contributed by atoms with E-state index in [9.17, 15) is 0 Å². The molecule has 0 nitrogen and oxygen atoms in total. The lowest BCUT2D eigenvalue weighted by molar-refractivity contribution is 1.36. The second kappa shape index (κ2) is 3.33. The summed E-state index contributed by atoms with van der Waals surface area (Å²) in [4.78, 5) is 0. The van der Waals surface area contributed by atoms with Gasteiger partial charge in [-0.1, -0.05) is 42.5 Å². The molecule has 0 saturated carbocycles. The third-order valence-corrected chi connectivity index (χ3v) is 2.17. The molecule has 0 fully saturated rings. The summed E-state index contributed by atoms with van der Waals surface area (Å²) in [6.07, 6.45) is 6.01. The smallest absolute Gasteiger partial charge is 0.0343 e. The first-order chi connectivity index (χ1) is 6.42. The van der Waals surface area contributed by atoms with E-state index in [0.29, 0.717) is 6.42 Å². The van der Waals surface area contributed by atoms with Gasteiger partial charge >= 0.3 is 0 Å². The Bertz CT molecular complexity index is 421. The zero-order valence-electron chi connectivity index (χ0n) is 7.33. The molecule has 0 N–H and O–H groups in total. The first kappa shape index (κ1) is 7.89. The van der Waals surface area contributed by atoms with Gasteiger partial charge in [-0.25, -0.2) is 0 Å². The van der Waals surface area contributed by atoms with Crippen molar-refractivity contribution in [2.45, 2.75) is 6.42 Å². The molecule has 0 aromatic carbocycles. The SMILES string of the molecule is C#CCc1ccc2cccccc1-2. The Morgan fingerprint density at radius 1 is 1.00 bits per heavy atom. The van der Waals surface area contributed by atoms with E-state index in [1.807, 2.05) is 18.2 Å². The van der Waals surface area contributed by atoms with Crippen molar-refractivity contribution in [2.24, 2.45) is 0 Å². The third kappa shape index (κ3) is 1.41. The van der Waals surface area contributed by atoms with E-state index in [4.69, 9.17) is 6.42 Å². The molecule has 2 rings (SSSR count). The molecule has 0 atom stereocenters. The van der Waals surface area contributed by atoms with Gasteiger partial charge in [-0.05, 0) is 16.7 Å². The molecule has 62 valence electrons. The molecule has 0 radical (unpaired) electrons. The van der Waals surface area contributed by atoms with E-state index in [2.05, 4.69) is 30.2 Å². The first-order valence-corrected chi connectivity index (χ1v) is 4.32. The molecule has 13 heavy (non-hydrogen) atoms. The van der Waals surface area contributed by atoms with Crippen LogP contribution in [-0.2, 0) is 6.42 Å². The Balaban J connectivity index is 2.56. The number of fused-ring (bicyclic) bond motifs is 1. The van der Waals surface area contributed by atoms with E-state index >= 15 is 0 Å². The average molecular weight is 166 g/mol. The lowest BCUT2D eigenvalue weighted by Crippen LogP contribution is -1.78. The predicted molar refractivity (Wildman–Crippen MR) is 55.6 cm³/mol. The molecule has 0 heterocycles. The minimum Gasteiger partial charge on any atom is -0.120 e. The summed E-state index contributed by atoms with van der Waals surface area (Å²) in [5.74, 6) is 2.67. The highest BCUT2D eigenvalue weighted by molar-refractivity contribution is 5.70. The van der Waals surface area contributed by atoms with Gasteiger partial charge in [0.1, 0.15) is 0 Å². The Morgan fingerprint density at radius 2 is 1.85 bits per heavy atom. The Hall–Kier alpha value is -1.74. The molecule has 0 amide bonds. The lowest BCUT2D eigenvalue weighted by Gasteiger charge is -1.95. The second-order valence-electron chi connectivity index (χ2n) is 3.02. The summed E-state index contributed by atoms with van der Waals surface area (Å²) in [6.45, 7) is 0. The van der Waals surface area contributed by atoms with Crippen molar-refractivity contribution in [1.82, 2.24) is 0 Å². The van der Waals surface area contributed by atoms with Gasteiger partial charge in [0, 0.05) is 6.42 Å². The van der Waals surface area contributed by atoms with Crippen LogP contribution < -0.4 is 0 Å². The molecule has 0 unspecified atom stereocenters. The van der Waals surface area contributed by atoms with Crippen LogP contribution >= 0.6 is 0 Å². The monoisotopic (exact) mass is 166 g/mol. The van der Waals surface area contributed by atoms with Gasteiger partial charge in [-0.2, -0.15) is 0 Å². The molecule has 0 saturated heterocycles. The van der Waals surface area contributed by atoms with E-state index in [1.54, 1.807) is 0 Å². The molecule has 0 aliphatic heterocycles. The van der Waals surface area contributed by atoms with Crippen LogP contribution in [0.3, 0.4) is 0 Å². The second-order valence-corrected chi connectivity index (χ2v) is 3.02. The van der Waals surface area contributed by atoms with Gasteiger partial charge in [0.15, 0.2) is 0 Å². The lowest BCUT2D eigenvalue weighted by atomic mass is 10.1. The number of rotatable bonds is 1. The van der Waals surface area contributed by atoms with Crippen molar-refractivity contribution in [3.63, 3.8) is 0 Å². The van der Waals surface area contributed by atoms with Crippen LogP contribution in [-0.4, -0.2) is 0 Å². The first-order valence-electron chi connectivity index (χ1n) is 4.32. The maximum absolute atomic E-state index is 5.29. The minimum atomic E-state index is 0.716. The summed E-state index contributed by atoms with van der Waals surface area (Å²) in [7, 11) is 0. The maximum atomic E-state index is 5.29. The highest BCUT2D eigenvalue weighted by atomic mass is 14.1. The van der Waals surface area contributed by atoms with E-state index < -0.39 is 0 Å². The van der Waals surface area contributed by atoms with Gasteiger partial charge in [-0.3, -0.25) is 0 Å². The fourth-order valence-corrected chi connectivity index (χ4v) is 1.54. The highest BCUT2D eigenvalue weighted by Crippen LogP contribution is 2.26. The van der Waals surface area contributed by atoms with E-state index in [-0.39, 0.29) is 0 Å². The van der Waals surface area contributed by atoms with Crippen molar-refractivity contribution in [2.75, 3.05) is 0 Å². The molecule has 0 heteroatoms. The Morgan fingerprint density at radius 3 is 2.69 bits per heavy atom. The molecule has 0 aromatic heterocycles. The zero-order valence-corrected chi connectivity index (χ0v) is 7.33. The highest BCUT2D eigenvalue weighted by Gasteiger charge is 2.05. The van der Waals surface area contributed by atoms with Gasteiger partial charge in [0.25, 0.3) is 0 Å². The van der Waals surface area contributed by atoms with Crippen molar-refractivity contribution in [3.05, 3.63) is 48.0 Å². The van der Waals surface area contributed by atoms with Crippen molar-refractivity contribution in [3.8, 4) is 23.5 Å². The quantitative estimate of drug-likeness (QED) is 0.571. The molecule has 0 aromatic rings. The number of terminal acetylenes is 1. The summed E-state index contributed by atoms with van der Waals surface area (Å²) >= 11 is 0. The van der Waals surface area contributed by atoms with Crippen LogP contribution in [0.25, 0.3) is 11.1 Å². The summed E-state index contributed by atoms with van der Waals surface area (Å²) in [6, 6.07) is 14.5. The van der Waals surface area contributed by atoms with Crippen LogP contribution in [0, 0.1) is 12.3 Å². The van der Waals surface area contributed by atoms with Crippen LogP contribution in [0.5, 0.6) is 0 Å². The number of hydrogen-bond donors (Lipinski definition) is 0. The van der Waals surface area contributed by atoms with Gasteiger partial charge < -0.3 is 0 Å². The van der Waals surface area contributed by atoms with Crippen LogP contribution in [0.4, 0.5) is 0 Å². The number of hydrogen-bond acceptors (Lipinski definition) is 0. The van der Waals surface area contributed by atoms with Crippen LogP contribution in [0.2, 0.25) is 0 Å². The topological polar surface area (TPSA) is 0 Å². The third-order valence-electron chi connectivity index (χ3n) is 2.17. The summed E-state index contributed by atoms with van der Waals surface area (Å²) in [5, 5.41) is 0. The standard InChI is InChI=1S/C13H10/c1-2-6-11-9-10-12-7-4-3-5-8-13(11)12/h1,3-5,7-10H,6H2. The molecule has 2 aliphatic rings. The maximum Gasteiger partial charge on any atom is 0.0343 e. The zero-order chi connectivity index (χ0) is 9.10. The van der Waals surface area contributed by atoms with E-state index in [0.717, 1.165) is 0 Å². The molecule has 2 aliphatic carbocycles. The van der Waals surface area contributed by atoms with Crippen molar-refractivity contribution >= 4 is 0 Å². The molecular weight excluding hydrogens is 156 g/mol. The average Bonchev–Trinajstić information content (AvgIpc) is 2.38. The van der Waals surface area contributed by atoms with Gasteiger partial charge in [0.05, 0.1) is 0 Å². The van der Waals surface area contributed by atoms with Gasteiger partial charge in [0.2, 0.25) is 0 Å². The summed E-state index contributed by atoms with van der Waals surface area (Å²) in [5.41, 5.74) is 3.77. The fourth-order valence-electron chi connectivity index (χ4n) is 1.54. The molecule has 0 bridgehead atoms. The van der Waals surface area contributed by atoms with Crippen molar-refractivity contribution < 1.29 is 0 Å². The van der Waals surface area contributed by atoms with Crippen LogP contribution in [0.1, 0.15) is 5.56 Å². The van der Waals surface area contributed by atoms with Gasteiger partial charge in [-0.15, -0.1) is 12.3 Å². The minimum absolute atomic E-state index is 0.716. The van der Waals surface area contributed by atoms with E-state index in [1.165, 1.54) is 16.7 Å². The Labute approximate surface area is 78.6 Å². The Kier molecular flexibility index (Phi) is 2.02. The fraction of sp³-hybridized carbons (Fsp3) is 0.0769. The summed E-state index contributed by atoms with van der Waals surface area (Å²) < 4.78 is 0. The van der Waals surface area contributed by atoms with Crippen molar-refractivity contribution in [1.29, 1.82) is 0 Å². The molecular formula is C13H10. The molecule has 0 spiro atoms. The predicted octanol–water partition coefficient (Wildman–Crippen LogP) is 2.97. The largest absolute Gasteiger partial charge is 0.120 e.